The van der Waals surface area contributed by atoms with Crippen molar-refractivity contribution in [2.24, 2.45) is 0 Å². The fourth-order valence-corrected chi connectivity index (χ4v) is 6.11. The van der Waals surface area contributed by atoms with Gasteiger partial charge in [0.2, 0.25) is 11.7 Å². The molecule has 0 bridgehead atoms. The van der Waals surface area contributed by atoms with E-state index in [9.17, 15) is 36.2 Å². The quantitative estimate of drug-likeness (QED) is 0.134. The van der Waals surface area contributed by atoms with E-state index in [1.54, 1.807) is 19.3 Å². The number of hydrogen-bond acceptors (Lipinski definition) is 6. The molecule has 0 fully saturated rings. The molecule has 0 saturated heterocycles. The second-order valence-corrected chi connectivity index (χ2v) is 13.5. The van der Waals surface area contributed by atoms with Gasteiger partial charge < -0.3 is 14.9 Å². The van der Waals surface area contributed by atoms with Gasteiger partial charge in [0.1, 0.15) is 5.82 Å². The highest BCUT2D eigenvalue weighted by molar-refractivity contribution is 5.76. The van der Waals surface area contributed by atoms with Gasteiger partial charge in [0.05, 0.1) is 28.5 Å². The summed E-state index contributed by atoms with van der Waals surface area (Å²) in [7, 11) is 1.75. The Labute approximate surface area is 320 Å². The van der Waals surface area contributed by atoms with Gasteiger partial charge in [-0.25, -0.2) is 4.98 Å². The number of pyridine rings is 1. The minimum absolute atomic E-state index is 0.238. The number of aryl methyl sites for hydroxylation is 4. The zero-order valence-corrected chi connectivity index (χ0v) is 31.3. The second-order valence-electron chi connectivity index (χ2n) is 13.5. The molecule has 7 nitrogen and oxygen atoms in total. The third-order valence-electron chi connectivity index (χ3n) is 9.63. The summed E-state index contributed by atoms with van der Waals surface area (Å²) < 4.78 is 82.6. The normalized spacial score (nSPS) is 12.7. The van der Waals surface area contributed by atoms with Crippen molar-refractivity contribution in [3.63, 3.8) is 0 Å². The third kappa shape index (κ3) is 10.2. The predicted molar refractivity (Wildman–Crippen MR) is 201 cm³/mol. The van der Waals surface area contributed by atoms with Crippen LogP contribution in [0, 0.1) is 27.7 Å². The van der Waals surface area contributed by atoms with E-state index in [2.05, 4.69) is 26.5 Å². The lowest BCUT2D eigenvalue weighted by atomic mass is 9.90. The van der Waals surface area contributed by atoms with Crippen LogP contribution in [0.25, 0.3) is 11.4 Å². The first-order valence-electron chi connectivity index (χ1n) is 17.6. The number of carboxylic acids is 1. The van der Waals surface area contributed by atoms with Gasteiger partial charge in [-0.3, -0.25) is 4.79 Å². The zero-order chi connectivity index (χ0) is 40.8. The predicted octanol–water partition coefficient (Wildman–Crippen LogP) is 10.9. The SMILES string of the molecule is CNc1ncccc1-c1noc(C(Cc2ccc(C)c(C)c2)c2ccc(C(F)(F)F)cc2)n1.Cc1ccc(CC(C(=O)O)c2ccc(C(F)(F)F)cc2)cc1C. The lowest BCUT2D eigenvalue weighted by Crippen LogP contribution is -2.15. The molecule has 2 atom stereocenters. The van der Waals surface area contributed by atoms with Crippen LogP contribution in [0.4, 0.5) is 32.2 Å². The number of alkyl halides is 6. The van der Waals surface area contributed by atoms with Gasteiger partial charge in [-0.05, 0) is 121 Å². The maximum absolute atomic E-state index is 13.1. The van der Waals surface area contributed by atoms with Crippen LogP contribution in [-0.2, 0) is 30.0 Å². The van der Waals surface area contributed by atoms with E-state index in [0.29, 0.717) is 40.6 Å². The lowest BCUT2D eigenvalue weighted by Gasteiger charge is -2.16. The van der Waals surface area contributed by atoms with Crippen molar-refractivity contribution in [2.45, 2.75) is 64.7 Å². The first-order valence-corrected chi connectivity index (χ1v) is 17.6. The fourth-order valence-electron chi connectivity index (χ4n) is 6.11. The smallest absolute Gasteiger partial charge is 0.416 e. The van der Waals surface area contributed by atoms with Gasteiger partial charge in [0, 0.05) is 13.2 Å². The van der Waals surface area contributed by atoms with Crippen molar-refractivity contribution < 1.29 is 40.8 Å². The van der Waals surface area contributed by atoms with Crippen LogP contribution < -0.4 is 5.32 Å². The number of carboxylic acid groups (broad SMARTS) is 1. The Hall–Kier alpha value is -5.98. The summed E-state index contributed by atoms with van der Waals surface area (Å²) in [5.74, 6) is -1.05. The molecule has 0 aliphatic carbocycles. The Kier molecular flexibility index (Phi) is 12.7. The molecule has 0 aliphatic rings. The van der Waals surface area contributed by atoms with Crippen molar-refractivity contribution in [2.75, 3.05) is 12.4 Å². The highest BCUT2D eigenvalue weighted by atomic mass is 19.4. The molecule has 6 aromatic rings. The van der Waals surface area contributed by atoms with Crippen molar-refractivity contribution in [3.8, 4) is 11.4 Å². The summed E-state index contributed by atoms with van der Waals surface area (Å²) in [6.07, 6.45) is -6.43. The summed E-state index contributed by atoms with van der Waals surface area (Å²) in [6.45, 7) is 7.96. The first-order chi connectivity index (χ1) is 26.4. The molecular formula is C43H40F6N4O3. The van der Waals surface area contributed by atoms with Crippen molar-refractivity contribution >= 4 is 11.8 Å². The molecule has 0 saturated carbocycles. The van der Waals surface area contributed by atoms with Crippen LogP contribution in [0.3, 0.4) is 0 Å². The molecule has 0 spiro atoms. The number of aromatic nitrogens is 3. The van der Waals surface area contributed by atoms with Gasteiger partial charge in [-0.15, -0.1) is 0 Å². The molecule has 2 heterocycles. The molecule has 0 amide bonds. The second kappa shape index (κ2) is 17.2. The Morgan fingerprint density at radius 1 is 0.714 bits per heavy atom. The molecule has 0 aliphatic heterocycles. The molecule has 2 N–H and O–H groups in total. The number of anilines is 1. The van der Waals surface area contributed by atoms with Gasteiger partial charge in [-0.1, -0.05) is 65.8 Å². The Morgan fingerprint density at radius 2 is 1.23 bits per heavy atom. The van der Waals surface area contributed by atoms with Crippen LogP contribution in [0.15, 0.2) is 108 Å². The van der Waals surface area contributed by atoms with E-state index in [1.807, 2.05) is 64.1 Å². The summed E-state index contributed by atoms with van der Waals surface area (Å²) in [5.41, 5.74) is 6.56. The molecule has 2 unspecified atom stereocenters. The monoisotopic (exact) mass is 774 g/mol. The van der Waals surface area contributed by atoms with Gasteiger partial charge in [0.25, 0.3) is 0 Å². The fraction of sp³-hybridized carbons (Fsp3) is 0.256. The van der Waals surface area contributed by atoms with Crippen LogP contribution in [0.5, 0.6) is 0 Å². The molecule has 56 heavy (non-hydrogen) atoms. The summed E-state index contributed by atoms with van der Waals surface area (Å²) >= 11 is 0. The molecule has 2 aromatic heterocycles. The van der Waals surface area contributed by atoms with E-state index < -0.39 is 41.3 Å². The highest BCUT2D eigenvalue weighted by Gasteiger charge is 2.32. The maximum atomic E-state index is 13.1. The number of benzene rings is 4. The standard InChI is InChI=1S/C25H23F3N4O.C18H17F3O2/c1-15-6-7-17(13-16(15)2)14-21(18-8-10-19(11-9-18)25(26,27)28)24-31-23(32-33-24)20-5-4-12-30-22(20)29-3;1-11-3-4-13(9-12(11)2)10-16(17(22)23)14-5-7-15(8-6-14)18(19,20)21/h4-13,21H,14H2,1-3H3,(H,29,30);3-9,16H,10H2,1-2H3,(H,22,23). The maximum Gasteiger partial charge on any atom is 0.416 e. The molecule has 13 heteroatoms. The van der Waals surface area contributed by atoms with Gasteiger partial charge in [0.15, 0.2) is 0 Å². The zero-order valence-electron chi connectivity index (χ0n) is 31.3. The number of carbonyl (C=O) groups is 1. The topological polar surface area (TPSA) is 101 Å². The van der Waals surface area contributed by atoms with E-state index >= 15 is 0 Å². The van der Waals surface area contributed by atoms with Crippen LogP contribution in [0.1, 0.15) is 73.4 Å². The van der Waals surface area contributed by atoms with Crippen molar-refractivity contribution in [1.82, 2.24) is 15.1 Å². The molecule has 292 valence electrons. The summed E-state index contributed by atoms with van der Waals surface area (Å²) in [4.78, 5) is 20.4. The molecule has 0 radical (unpaired) electrons. The molecule has 4 aromatic carbocycles. The molecule has 6 rings (SSSR count). The van der Waals surface area contributed by atoms with Crippen molar-refractivity contribution in [1.29, 1.82) is 0 Å². The van der Waals surface area contributed by atoms with Crippen LogP contribution in [-0.4, -0.2) is 33.2 Å². The minimum atomic E-state index is -4.43. The Balaban J connectivity index is 0.000000229. The molecular weight excluding hydrogens is 734 g/mol. The largest absolute Gasteiger partial charge is 0.481 e. The summed E-state index contributed by atoms with van der Waals surface area (Å²) in [5, 5.41) is 16.5. The van der Waals surface area contributed by atoms with Crippen LogP contribution in [0.2, 0.25) is 0 Å². The van der Waals surface area contributed by atoms with E-state index in [4.69, 9.17) is 4.52 Å². The van der Waals surface area contributed by atoms with E-state index in [-0.39, 0.29) is 6.42 Å². The number of halogens is 6. The highest BCUT2D eigenvalue weighted by Crippen LogP contribution is 2.35. The third-order valence-corrected chi connectivity index (χ3v) is 9.63. The van der Waals surface area contributed by atoms with Crippen LogP contribution >= 0.6 is 0 Å². The number of nitrogens with one attached hydrogen (secondary N) is 1. The summed E-state index contributed by atoms with van der Waals surface area (Å²) in [6, 6.07) is 24.8. The number of hydrogen-bond donors (Lipinski definition) is 2. The van der Waals surface area contributed by atoms with Gasteiger partial charge in [-0.2, -0.15) is 31.3 Å². The number of aliphatic carboxylic acids is 1. The average Bonchev–Trinajstić information content (AvgIpc) is 3.65. The first kappa shape index (κ1) is 41.2. The lowest BCUT2D eigenvalue weighted by molar-refractivity contribution is -0.139. The Morgan fingerprint density at radius 3 is 1.71 bits per heavy atom. The minimum Gasteiger partial charge on any atom is -0.481 e. The van der Waals surface area contributed by atoms with Crippen molar-refractivity contribution in [3.05, 3.63) is 165 Å². The number of nitrogens with zero attached hydrogens (tertiary/aromatic N) is 3. The van der Waals surface area contributed by atoms with E-state index in [0.717, 1.165) is 52.1 Å². The number of rotatable bonds is 10. The Bertz CT molecular complexity index is 2270. The van der Waals surface area contributed by atoms with E-state index in [1.165, 1.54) is 29.8 Å². The van der Waals surface area contributed by atoms with Gasteiger partial charge >= 0.3 is 18.3 Å². The average molecular weight is 775 g/mol.